The van der Waals surface area contributed by atoms with Gasteiger partial charge in [0, 0.05) is 31.2 Å². The summed E-state index contributed by atoms with van der Waals surface area (Å²) in [6, 6.07) is 1.39. The lowest BCUT2D eigenvalue weighted by Crippen LogP contribution is -2.51. The van der Waals surface area contributed by atoms with E-state index < -0.39 is 0 Å². The number of nitrogens with two attached hydrogens (primary N) is 1. The number of rotatable bonds is 5. The van der Waals surface area contributed by atoms with Crippen LogP contribution in [0, 0.1) is 0 Å². The molecular weight excluding hydrogens is 238 g/mol. The highest BCUT2D eigenvalue weighted by atomic mass is 16.2. The lowest BCUT2D eigenvalue weighted by Gasteiger charge is -2.38. The van der Waals surface area contributed by atoms with Crippen LogP contribution in [0.4, 0.5) is 0 Å². The van der Waals surface area contributed by atoms with Crippen LogP contribution >= 0.6 is 0 Å². The monoisotopic (exact) mass is 265 g/mol. The molecule has 2 bridgehead atoms. The quantitative estimate of drug-likeness (QED) is 0.764. The van der Waals surface area contributed by atoms with Crippen LogP contribution in [0.1, 0.15) is 39.5 Å². The molecule has 4 nitrogen and oxygen atoms in total. The predicted octanol–water partition coefficient (Wildman–Crippen LogP) is 1.37. The molecule has 0 radical (unpaired) electrons. The molecule has 2 atom stereocenters. The van der Waals surface area contributed by atoms with Gasteiger partial charge >= 0.3 is 0 Å². The molecule has 4 heteroatoms. The summed E-state index contributed by atoms with van der Waals surface area (Å²) in [6.07, 6.45) is 4.52. The first kappa shape index (κ1) is 14.5. The van der Waals surface area contributed by atoms with Gasteiger partial charge in [0.25, 0.3) is 0 Å². The Morgan fingerprint density at radius 2 is 1.95 bits per heavy atom. The van der Waals surface area contributed by atoms with E-state index in [1.54, 1.807) is 0 Å². The third-order valence-electron chi connectivity index (χ3n) is 4.43. The number of carbonyl (C=O) groups excluding carboxylic acids is 1. The van der Waals surface area contributed by atoms with Gasteiger partial charge in [0.2, 0.25) is 5.91 Å². The van der Waals surface area contributed by atoms with Crippen molar-refractivity contribution >= 4 is 5.91 Å². The Kier molecular flexibility index (Phi) is 4.63. The second-order valence-corrected chi connectivity index (χ2v) is 6.15. The van der Waals surface area contributed by atoms with Gasteiger partial charge in [0.05, 0.1) is 6.54 Å². The molecule has 2 aliphatic heterocycles. The first-order valence-electron chi connectivity index (χ1n) is 7.44. The molecule has 2 fully saturated rings. The van der Waals surface area contributed by atoms with Gasteiger partial charge in [0.1, 0.15) is 0 Å². The standard InChI is InChI=1S/C15H27N3O/c1-4-17(9-11(2)3)15(19)10-18-13-5-6-14(18)8-12(16)7-13/h12-14H,2,4-10,16H2,1,3H3. The van der Waals surface area contributed by atoms with Crippen LogP contribution in [0.25, 0.3) is 0 Å². The molecule has 2 rings (SSSR count). The second kappa shape index (κ2) is 6.06. The fraction of sp³-hybridized carbons (Fsp3) is 0.800. The van der Waals surface area contributed by atoms with Crippen LogP contribution in [-0.4, -0.2) is 53.5 Å². The third kappa shape index (κ3) is 3.37. The van der Waals surface area contributed by atoms with Gasteiger partial charge < -0.3 is 10.6 Å². The van der Waals surface area contributed by atoms with Crippen molar-refractivity contribution in [3.8, 4) is 0 Å². The van der Waals surface area contributed by atoms with Crippen molar-refractivity contribution in [2.24, 2.45) is 5.73 Å². The average Bonchev–Trinajstić information content (AvgIpc) is 2.59. The molecule has 0 aromatic rings. The molecule has 1 amide bonds. The van der Waals surface area contributed by atoms with E-state index in [0.717, 1.165) is 25.0 Å². The fourth-order valence-electron chi connectivity index (χ4n) is 3.53. The Hall–Kier alpha value is -0.870. The summed E-state index contributed by atoms with van der Waals surface area (Å²) in [6.45, 7) is 9.90. The van der Waals surface area contributed by atoms with E-state index in [0.29, 0.717) is 31.2 Å². The van der Waals surface area contributed by atoms with E-state index in [4.69, 9.17) is 5.73 Å². The molecule has 0 spiro atoms. The highest BCUT2D eigenvalue weighted by molar-refractivity contribution is 5.78. The summed E-state index contributed by atoms with van der Waals surface area (Å²) < 4.78 is 0. The third-order valence-corrected chi connectivity index (χ3v) is 4.43. The number of hydrogen-bond donors (Lipinski definition) is 1. The Morgan fingerprint density at radius 1 is 1.37 bits per heavy atom. The smallest absolute Gasteiger partial charge is 0.237 e. The van der Waals surface area contributed by atoms with Crippen molar-refractivity contribution in [3.05, 3.63) is 12.2 Å². The maximum atomic E-state index is 12.4. The fourth-order valence-corrected chi connectivity index (χ4v) is 3.53. The first-order chi connectivity index (χ1) is 9.01. The number of amides is 1. The minimum absolute atomic E-state index is 0.234. The summed E-state index contributed by atoms with van der Waals surface area (Å²) in [4.78, 5) is 16.7. The van der Waals surface area contributed by atoms with Crippen LogP contribution in [0.3, 0.4) is 0 Å². The number of carbonyl (C=O) groups is 1. The molecule has 2 unspecified atom stereocenters. The lowest BCUT2D eigenvalue weighted by molar-refractivity contribution is -0.133. The predicted molar refractivity (Wildman–Crippen MR) is 77.8 cm³/mol. The molecular formula is C15H27N3O. The number of hydrogen-bond acceptors (Lipinski definition) is 3. The lowest BCUT2D eigenvalue weighted by atomic mass is 9.98. The molecule has 2 heterocycles. The van der Waals surface area contributed by atoms with Gasteiger partial charge in [-0.25, -0.2) is 0 Å². The number of piperidine rings is 1. The van der Waals surface area contributed by atoms with Crippen molar-refractivity contribution < 1.29 is 4.79 Å². The summed E-state index contributed by atoms with van der Waals surface area (Å²) in [5, 5.41) is 0. The second-order valence-electron chi connectivity index (χ2n) is 6.15. The highest BCUT2D eigenvalue weighted by Gasteiger charge is 2.40. The van der Waals surface area contributed by atoms with Gasteiger partial charge in [-0.3, -0.25) is 9.69 Å². The largest absolute Gasteiger partial charge is 0.338 e. The Bertz CT molecular complexity index is 341. The number of nitrogens with zero attached hydrogens (tertiary/aromatic N) is 2. The minimum Gasteiger partial charge on any atom is -0.338 e. The Morgan fingerprint density at radius 3 is 2.42 bits per heavy atom. The number of likely N-dealkylation sites (N-methyl/N-ethyl adjacent to an activating group) is 1. The van der Waals surface area contributed by atoms with E-state index in [1.807, 2.05) is 18.7 Å². The topological polar surface area (TPSA) is 49.6 Å². The molecule has 0 saturated carbocycles. The zero-order valence-electron chi connectivity index (χ0n) is 12.3. The van der Waals surface area contributed by atoms with Crippen molar-refractivity contribution in [2.75, 3.05) is 19.6 Å². The molecule has 0 aromatic heterocycles. The van der Waals surface area contributed by atoms with Crippen LogP contribution in [0.5, 0.6) is 0 Å². The summed E-state index contributed by atoms with van der Waals surface area (Å²) in [7, 11) is 0. The SMILES string of the molecule is C=C(C)CN(CC)C(=O)CN1C2CCC1CC(N)C2. The highest BCUT2D eigenvalue weighted by Crippen LogP contribution is 2.34. The van der Waals surface area contributed by atoms with E-state index in [-0.39, 0.29) is 5.91 Å². The zero-order valence-corrected chi connectivity index (χ0v) is 12.3. The van der Waals surface area contributed by atoms with E-state index in [2.05, 4.69) is 11.5 Å². The normalized spacial score (nSPS) is 30.4. The van der Waals surface area contributed by atoms with Crippen LogP contribution in [0.2, 0.25) is 0 Å². The molecule has 19 heavy (non-hydrogen) atoms. The van der Waals surface area contributed by atoms with E-state index in [9.17, 15) is 4.79 Å². The summed E-state index contributed by atoms with van der Waals surface area (Å²) in [5.41, 5.74) is 7.11. The van der Waals surface area contributed by atoms with Crippen LogP contribution in [0.15, 0.2) is 12.2 Å². The molecule has 2 N–H and O–H groups in total. The van der Waals surface area contributed by atoms with Gasteiger partial charge in [-0.05, 0) is 39.5 Å². The molecule has 108 valence electrons. The maximum Gasteiger partial charge on any atom is 0.237 e. The molecule has 0 aliphatic carbocycles. The van der Waals surface area contributed by atoms with E-state index in [1.165, 1.54) is 12.8 Å². The van der Waals surface area contributed by atoms with Crippen molar-refractivity contribution in [1.29, 1.82) is 0 Å². The number of fused-ring (bicyclic) bond motifs is 2. The van der Waals surface area contributed by atoms with Gasteiger partial charge in [-0.1, -0.05) is 12.2 Å². The van der Waals surface area contributed by atoms with E-state index >= 15 is 0 Å². The zero-order chi connectivity index (χ0) is 14.0. The van der Waals surface area contributed by atoms with Crippen molar-refractivity contribution in [1.82, 2.24) is 9.80 Å². The first-order valence-corrected chi connectivity index (χ1v) is 7.44. The summed E-state index contributed by atoms with van der Waals surface area (Å²) in [5.74, 6) is 0.234. The minimum atomic E-state index is 0.234. The summed E-state index contributed by atoms with van der Waals surface area (Å²) >= 11 is 0. The van der Waals surface area contributed by atoms with Crippen molar-refractivity contribution in [3.63, 3.8) is 0 Å². The Balaban J connectivity index is 1.93. The molecule has 0 aromatic carbocycles. The van der Waals surface area contributed by atoms with Gasteiger partial charge in [0.15, 0.2) is 0 Å². The Labute approximate surface area is 116 Å². The van der Waals surface area contributed by atoms with Gasteiger partial charge in [-0.2, -0.15) is 0 Å². The maximum absolute atomic E-state index is 12.4. The molecule has 2 aliphatic rings. The van der Waals surface area contributed by atoms with Crippen LogP contribution in [-0.2, 0) is 4.79 Å². The van der Waals surface area contributed by atoms with Gasteiger partial charge in [-0.15, -0.1) is 0 Å². The van der Waals surface area contributed by atoms with Crippen molar-refractivity contribution in [2.45, 2.75) is 57.7 Å². The molecule has 2 saturated heterocycles. The average molecular weight is 265 g/mol. The van der Waals surface area contributed by atoms with Crippen LogP contribution < -0.4 is 5.73 Å².